The summed E-state index contributed by atoms with van der Waals surface area (Å²) < 4.78 is 9.92. The standard InChI is InChI=1S/C11H13N3O4S/c12-10(13)11-14-7(5-19-11)6-1-2-17-8(15)3-9(16)18-4-6/h5-6H,1-4H2,(H3,12,13). The third kappa shape index (κ3) is 3.50. The second-order valence-electron chi connectivity index (χ2n) is 4.06. The van der Waals surface area contributed by atoms with Crippen LogP contribution in [0.15, 0.2) is 5.38 Å². The minimum atomic E-state index is -0.598. The number of aromatic nitrogens is 1. The highest BCUT2D eigenvalue weighted by Crippen LogP contribution is 2.23. The normalized spacial score (nSPS) is 20.7. The molecule has 1 unspecified atom stereocenters. The van der Waals surface area contributed by atoms with E-state index in [1.807, 2.05) is 0 Å². The monoisotopic (exact) mass is 283 g/mol. The first-order valence-electron chi connectivity index (χ1n) is 5.67. The summed E-state index contributed by atoms with van der Waals surface area (Å²) in [5, 5.41) is 9.51. The van der Waals surface area contributed by atoms with Crippen LogP contribution < -0.4 is 5.73 Å². The van der Waals surface area contributed by atoms with Crippen molar-refractivity contribution in [3.63, 3.8) is 0 Å². The van der Waals surface area contributed by atoms with Gasteiger partial charge in [0.05, 0.1) is 18.9 Å². The van der Waals surface area contributed by atoms with Gasteiger partial charge in [-0.05, 0) is 6.42 Å². The van der Waals surface area contributed by atoms with Crippen LogP contribution in [0.2, 0.25) is 0 Å². The highest BCUT2D eigenvalue weighted by Gasteiger charge is 2.22. The molecule has 19 heavy (non-hydrogen) atoms. The third-order valence-electron chi connectivity index (χ3n) is 2.63. The number of nitrogens with two attached hydrogens (primary N) is 1. The highest BCUT2D eigenvalue weighted by atomic mass is 32.1. The Morgan fingerprint density at radius 3 is 2.84 bits per heavy atom. The summed E-state index contributed by atoms with van der Waals surface area (Å²) in [4.78, 5) is 26.7. The maximum atomic E-state index is 11.3. The van der Waals surface area contributed by atoms with Crippen LogP contribution in [0, 0.1) is 5.41 Å². The summed E-state index contributed by atoms with van der Waals surface area (Å²) in [5.41, 5.74) is 6.05. The third-order valence-corrected chi connectivity index (χ3v) is 3.53. The van der Waals surface area contributed by atoms with Gasteiger partial charge in [-0.1, -0.05) is 0 Å². The maximum absolute atomic E-state index is 11.3. The second kappa shape index (κ2) is 5.79. The highest BCUT2D eigenvalue weighted by molar-refractivity contribution is 7.11. The van der Waals surface area contributed by atoms with Crippen LogP contribution >= 0.6 is 11.3 Å². The van der Waals surface area contributed by atoms with E-state index >= 15 is 0 Å². The van der Waals surface area contributed by atoms with Gasteiger partial charge in [-0.15, -0.1) is 11.3 Å². The fourth-order valence-corrected chi connectivity index (χ4v) is 2.41. The predicted octanol–water partition coefficient (Wildman–Crippen LogP) is 0.391. The zero-order chi connectivity index (χ0) is 13.8. The van der Waals surface area contributed by atoms with Crippen molar-refractivity contribution in [1.82, 2.24) is 4.98 Å². The minimum absolute atomic E-state index is 0.0947. The van der Waals surface area contributed by atoms with Crippen molar-refractivity contribution in [3.8, 4) is 0 Å². The number of nitrogen functional groups attached to an aromatic ring is 1. The Balaban J connectivity index is 2.10. The molecule has 0 radical (unpaired) electrons. The summed E-state index contributed by atoms with van der Waals surface area (Å²) in [6, 6.07) is 0. The van der Waals surface area contributed by atoms with Crippen LogP contribution in [0.3, 0.4) is 0 Å². The van der Waals surface area contributed by atoms with E-state index in [2.05, 4.69) is 4.98 Å². The Labute approximate surface area is 113 Å². The number of carbonyl (C=O) groups excluding carboxylic acids is 2. The lowest BCUT2D eigenvalue weighted by atomic mass is 10.0. The van der Waals surface area contributed by atoms with Gasteiger partial charge in [-0.3, -0.25) is 15.0 Å². The van der Waals surface area contributed by atoms with Gasteiger partial charge in [-0.25, -0.2) is 4.98 Å². The molecule has 1 aliphatic rings. The Bertz CT molecular complexity index is 514. The molecule has 3 N–H and O–H groups in total. The number of hydrogen-bond acceptors (Lipinski definition) is 7. The first-order chi connectivity index (χ1) is 9.06. The average Bonchev–Trinajstić information content (AvgIpc) is 2.83. The first-order valence-corrected chi connectivity index (χ1v) is 6.55. The SMILES string of the molecule is N=C(N)c1nc(C2CCOC(=O)CC(=O)OC2)cs1. The summed E-state index contributed by atoms with van der Waals surface area (Å²) in [6.45, 7) is 0.365. The molecule has 0 aromatic carbocycles. The number of hydrogen-bond donors (Lipinski definition) is 2. The van der Waals surface area contributed by atoms with Crippen LogP contribution in [0.5, 0.6) is 0 Å². The fourth-order valence-electron chi connectivity index (χ4n) is 1.64. The van der Waals surface area contributed by atoms with Gasteiger partial charge in [0, 0.05) is 11.3 Å². The molecule has 2 rings (SSSR count). The second-order valence-corrected chi connectivity index (χ2v) is 4.92. The lowest BCUT2D eigenvalue weighted by molar-refractivity contribution is -0.153. The predicted molar refractivity (Wildman–Crippen MR) is 67.0 cm³/mol. The molecule has 1 aromatic heterocycles. The molecular weight excluding hydrogens is 270 g/mol. The molecule has 1 atom stereocenters. The maximum Gasteiger partial charge on any atom is 0.317 e. The average molecular weight is 283 g/mol. The Kier molecular flexibility index (Phi) is 4.10. The van der Waals surface area contributed by atoms with Crippen LogP contribution in [0.25, 0.3) is 0 Å². The zero-order valence-corrected chi connectivity index (χ0v) is 10.9. The minimum Gasteiger partial charge on any atom is -0.465 e. The molecule has 0 amide bonds. The summed E-state index contributed by atoms with van der Waals surface area (Å²) in [7, 11) is 0. The van der Waals surface area contributed by atoms with Crippen molar-refractivity contribution in [1.29, 1.82) is 5.41 Å². The molecule has 0 spiro atoms. The molecule has 0 aliphatic carbocycles. The van der Waals surface area contributed by atoms with Gasteiger partial charge >= 0.3 is 11.9 Å². The molecule has 1 aromatic rings. The molecular formula is C11H13N3O4S. The number of cyclic esters (lactones) is 2. The van der Waals surface area contributed by atoms with E-state index in [-0.39, 0.29) is 31.4 Å². The van der Waals surface area contributed by atoms with Crippen molar-refractivity contribution in [3.05, 3.63) is 16.1 Å². The Morgan fingerprint density at radius 2 is 2.16 bits per heavy atom. The Morgan fingerprint density at radius 1 is 1.42 bits per heavy atom. The molecule has 1 aliphatic heterocycles. The van der Waals surface area contributed by atoms with E-state index in [0.717, 1.165) is 0 Å². The van der Waals surface area contributed by atoms with Crippen molar-refractivity contribution in [2.75, 3.05) is 13.2 Å². The number of nitrogens with zero attached hydrogens (tertiary/aromatic N) is 1. The molecule has 2 heterocycles. The molecule has 0 saturated carbocycles. The number of esters is 2. The zero-order valence-electron chi connectivity index (χ0n) is 10.0. The molecule has 7 nitrogen and oxygen atoms in total. The first kappa shape index (κ1) is 13.5. The van der Waals surface area contributed by atoms with E-state index in [0.29, 0.717) is 17.1 Å². The number of ether oxygens (including phenoxy) is 2. The fraction of sp³-hybridized carbons (Fsp3) is 0.455. The molecule has 0 bridgehead atoms. The molecule has 102 valence electrons. The van der Waals surface area contributed by atoms with E-state index in [1.54, 1.807) is 5.38 Å². The van der Waals surface area contributed by atoms with Gasteiger partial charge in [0.2, 0.25) is 0 Å². The quantitative estimate of drug-likeness (QED) is 0.351. The van der Waals surface area contributed by atoms with Crippen LogP contribution in [0.4, 0.5) is 0 Å². The van der Waals surface area contributed by atoms with Gasteiger partial charge in [0.25, 0.3) is 0 Å². The van der Waals surface area contributed by atoms with Gasteiger partial charge in [0.1, 0.15) is 6.42 Å². The van der Waals surface area contributed by atoms with Crippen molar-refractivity contribution < 1.29 is 19.1 Å². The van der Waals surface area contributed by atoms with Gasteiger partial charge < -0.3 is 15.2 Å². The van der Waals surface area contributed by atoms with E-state index in [1.165, 1.54) is 11.3 Å². The Hall–Kier alpha value is -1.96. The van der Waals surface area contributed by atoms with Crippen LogP contribution in [0.1, 0.15) is 29.5 Å². The molecule has 1 saturated heterocycles. The van der Waals surface area contributed by atoms with Gasteiger partial charge in [-0.2, -0.15) is 0 Å². The van der Waals surface area contributed by atoms with E-state index in [4.69, 9.17) is 20.6 Å². The summed E-state index contributed by atoms with van der Waals surface area (Å²) >= 11 is 1.26. The number of thiazole rings is 1. The topological polar surface area (TPSA) is 115 Å². The lowest BCUT2D eigenvalue weighted by Gasteiger charge is -2.12. The van der Waals surface area contributed by atoms with E-state index < -0.39 is 11.9 Å². The van der Waals surface area contributed by atoms with Crippen molar-refractivity contribution in [2.45, 2.75) is 18.8 Å². The lowest BCUT2D eigenvalue weighted by Crippen LogP contribution is -2.15. The summed E-state index contributed by atoms with van der Waals surface area (Å²) in [5.74, 6) is -1.42. The smallest absolute Gasteiger partial charge is 0.317 e. The number of rotatable bonds is 2. The van der Waals surface area contributed by atoms with Crippen LogP contribution in [-0.2, 0) is 19.1 Å². The molecule has 8 heteroatoms. The van der Waals surface area contributed by atoms with Crippen molar-refractivity contribution >= 4 is 29.1 Å². The largest absolute Gasteiger partial charge is 0.465 e. The van der Waals surface area contributed by atoms with E-state index in [9.17, 15) is 9.59 Å². The number of carbonyl (C=O) groups is 2. The van der Waals surface area contributed by atoms with Crippen LogP contribution in [-0.4, -0.2) is 36.0 Å². The number of nitrogens with one attached hydrogen (secondary N) is 1. The number of amidine groups is 1. The van der Waals surface area contributed by atoms with Gasteiger partial charge in [0.15, 0.2) is 10.8 Å². The van der Waals surface area contributed by atoms with Crippen molar-refractivity contribution in [2.24, 2.45) is 5.73 Å². The summed E-state index contributed by atoms with van der Waals surface area (Å²) in [6.07, 6.45) is 0.155. The molecule has 1 fully saturated rings.